The van der Waals surface area contributed by atoms with Crippen molar-refractivity contribution in [1.29, 1.82) is 0 Å². The van der Waals surface area contributed by atoms with Gasteiger partial charge in [0.1, 0.15) is 11.8 Å². The van der Waals surface area contributed by atoms with Gasteiger partial charge in [0.15, 0.2) is 28.4 Å². The Hall–Kier alpha value is -2.25. The number of rotatable bonds is 8. The molecular formula is C23H30F2N6O3S. The number of thioether (sulfide) groups is 1. The van der Waals surface area contributed by atoms with Crippen molar-refractivity contribution in [3.63, 3.8) is 0 Å². The average molecular weight is 509 g/mol. The minimum absolute atomic E-state index is 0.00434. The van der Waals surface area contributed by atoms with Crippen molar-refractivity contribution in [3.05, 3.63) is 35.4 Å². The highest BCUT2D eigenvalue weighted by Crippen LogP contribution is 2.47. The lowest BCUT2D eigenvalue weighted by molar-refractivity contribution is -0.0380. The van der Waals surface area contributed by atoms with E-state index in [9.17, 15) is 24.1 Å². The highest BCUT2D eigenvalue weighted by molar-refractivity contribution is 7.99. The van der Waals surface area contributed by atoms with E-state index < -0.39 is 35.3 Å². The molecule has 3 aliphatic rings. The molecule has 2 aromatic rings. The second kappa shape index (κ2) is 9.32. The van der Waals surface area contributed by atoms with Crippen molar-refractivity contribution in [2.45, 2.75) is 68.5 Å². The molecule has 1 aliphatic heterocycles. The topological polar surface area (TPSA) is 126 Å². The highest BCUT2D eigenvalue weighted by Gasteiger charge is 2.53. The van der Waals surface area contributed by atoms with Gasteiger partial charge in [-0.05, 0) is 37.0 Å². The number of aliphatic hydroxyl groups is 3. The van der Waals surface area contributed by atoms with E-state index in [0.717, 1.165) is 30.2 Å². The van der Waals surface area contributed by atoms with E-state index in [2.05, 4.69) is 28.2 Å². The SMILES string of the molecule is CCCSc1nc(N[C@@H]2C[C@H]2c2ccc(F)c(F)c2)c2c(n1)N([C@@H]1C[C@](C)(CO)[C@@H](O)[C@H]1O)NN2. The number of aliphatic hydroxyl groups excluding tert-OH is 3. The van der Waals surface area contributed by atoms with Crippen molar-refractivity contribution in [1.82, 2.24) is 15.5 Å². The first-order valence-corrected chi connectivity index (χ1v) is 12.8. The number of aromatic nitrogens is 2. The third kappa shape index (κ3) is 4.42. The lowest BCUT2D eigenvalue weighted by Gasteiger charge is -2.27. The van der Waals surface area contributed by atoms with Crippen LogP contribution in [0.4, 0.5) is 26.1 Å². The molecule has 6 atom stereocenters. The summed E-state index contributed by atoms with van der Waals surface area (Å²) in [6, 6.07) is 3.45. The van der Waals surface area contributed by atoms with Gasteiger partial charge >= 0.3 is 0 Å². The highest BCUT2D eigenvalue weighted by atomic mass is 32.2. The van der Waals surface area contributed by atoms with E-state index >= 15 is 0 Å². The molecule has 12 heteroatoms. The minimum atomic E-state index is -1.09. The molecule has 1 aromatic heterocycles. The zero-order chi connectivity index (χ0) is 24.9. The van der Waals surface area contributed by atoms with Crippen molar-refractivity contribution in [2.24, 2.45) is 5.41 Å². The number of anilines is 3. The third-order valence-corrected chi connectivity index (χ3v) is 8.17. The molecule has 35 heavy (non-hydrogen) atoms. The Kier molecular flexibility index (Phi) is 6.51. The van der Waals surface area contributed by atoms with Crippen LogP contribution in [0, 0.1) is 17.0 Å². The standard InChI is InChI=1S/C23H30F2N6O3S/c1-3-6-35-22-27-20(26-15-8-12(15)11-4-5-13(24)14(25)7-11)17-21(28-22)31(30-29-17)16-9-23(2,10-32)19(34)18(16)33/h4-5,7,12,15-16,18-19,29-30,32-34H,3,6,8-10H2,1-2H3,(H,26,27,28)/t12-,15+,16+,18-,19-,23+/m0/s1. The fourth-order valence-corrected chi connectivity index (χ4v) is 5.57. The number of hydrazine groups is 2. The molecule has 2 aliphatic carbocycles. The Labute approximate surface area is 206 Å². The molecule has 0 radical (unpaired) electrons. The van der Waals surface area contributed by atoms with E-state index in [1.54, 1.807) is 18.0 Å². The van der Waals surface area contributed by atoms with Gasteiger partial charge in [0.25, 0.3) is 0 Å². The number of halogens is 2. The lowest BCUT2D eigenvalue weighted by atomic mass is 9.87. The largest absolute Gasteiger partial charge is 0.396 e. The van der Waals surface area contributed by atoms with E-state index in [0.29, 0.717) is 28.9 Å². The molecule has 190 valence electrons. The number of nitrogens with zero attached hydrogens (tertiary/aromatic N) is 3. The lowest BCUT2D eigenvalue weighted by Crippen LogP contribution is -2.49. The number of hydrogen-bond acceptors (Lipinski definition) is 10. The summed E-state index contributed by atoms with van der Waals surface area (Å²) >= 11 is 1.51. The molecular weight excluding hydrogens is 478 g/mol. The van der Waals surface area contributed by atoms with E-state index in [-0.39, 0.29) is 18.6 Å². The summed E-state index contributed by atoms with van der Waals surface area (Å²) < 4.78 is 27.0. The molecule has 2 saturated carbocycles. The van der Waals surface area contributed by atoms with Gasteiger partial charge in [-0.15, -0.1) is 5.53 Å². The van der Waals surface area contributed by atoms with Crippen molar-refractivity contribution < 1.29 is 24.1 Å². The molecule has 0 saturated heterocycles. The van der Waals surface area contributed by atoms with Crippen molar-refractivity contribution in [3.8, 4) is 0 Å². The fraction of sp³-hybridized carbons (Fsp3) is 0.565. The van der Waals surface area contributed by atoms with Gasteiger partial charge in [0, 0.05) is 23.1 Å². The molecule has 0 unspecified atom stereocenters. The molecule has 9 nitrogen and oxygen atoms in total. The maximum atomic E-state index is 13.7. The smallest absolute Gasteiger partial charge is 0.191 e. The van der Waals surface area contributed by atoms with Gasteiger partial charge in [0.2, 0.25) is 0 Å². The van der Waals surface area contributed by atoms with Crippen LogP contribution in [-0.2, 0) is 0 Å². The molecule has 2 heterocycles. The zero-order valence-corrected chi connectivity index (χ0v) is 20.3. The van der Waals surface area contributed by atoms with E-state index in [1.807, 2.05) is 0 Å². The van der Waals surface area contributed by atoms with Crippen LogP contribution in [0.1, 0.15) is 44.6 Å². The number of benzene rings is 1. The molecule has 0 bridgehead atoms. The Morgan fingerprint density at radius 3 is 2.74 bits per heavy atom. The van der Waals surface area contributed by atoms with Crippen LogP contribution in [0.25, 0.3) is 0 Å². The third-order valence-electron chi connectivity index (χ3n) is 7.12. The van der Waals surface area contributed by atoms with Crippen LogP contribution in [0.2, 0.25) is 0 Å². The van der Waals surface area contributed by atoms with Gasteiger partial charge in [0.05, 0.1) is 18.8 Å². The first-order chi connectivity index (χ1) is 16.8. The van der Waals surface area contributed by atoms with Crippen LogP contribution in [0.15, 0.2) is 23.4 Å². The fourth-order valence-electron chi connectivity index (χ4n) is 4.88. The quantitative estimate of drug-likeness (QED) is 0.234. The summed E-state index contributed by atoms with van der Waals surface area (Å²) in [5.41, 5.74) is 6.60. The first kappa shape index (κ1) is 24.4. The summed E-state index contributed by atoms with van der Waals surface area (Å²) in [4.78, 5) is 9.39. The summed E-state index contributed by atoms with van der Waals surface area (Å²) in [5.74, 6) is 0.235. The molecule has 1 aromatic carbocycles. The second-order valence-electron chi connectivity index (χ2n) is 9.79. The maximum Gasteiger partial charge on any atom is 0.191 e. The summed E-state index contributed by atoms with van der Waals surface area (Å²) in [6.07, 6.45) is -0.130. The van der Waals surface area contributed by atoms with E-state index in [1.165, 1.54) is 17.8 Å². The maximum absolute atomic E-state index is 13.7. The summed E-state index contributed by atoms with van der Waals surface area (Å²) in [5, 5.41) is 36.8. The number of fused-ring (bicyclic) bond motifs is 1. The summed E-state index contributed by atoms with van der Waals surface area (Å²) in [6.45, 7) is 3.56. The Bertz CT molecular complexity index is 1110. The van der Waals surface area contributed by atoms with Gasteiger partial charge in [-0.1, -0.05) is 31.7 Å². The normalized spacial score (nSPS) is 31.4. The van der Waals surface area contributed by atoms with Crippen LogP contribution in [0.5, 0.6) is 0 Å². The monoisotopic (exact) mass is 508 g/mol. The van der Waals surface area contributed by atoms with Crippen LogP contribution in [0.3, 0.4) is 0 Å². The summed E-state index contributed by atoms with van der Waals surface area (Å²) in [7, 11) is 0. The number of nitrogens with one attached hydrogen (secondary N) is 3. The van der Waals surface area contributed by atoms with Gasteiger partial charge in [-0.2, -0.15) is 0 Å². The van der Waals surface area contributed by atoms with Gasteiger partial charge < -0.3 is 20.6 Å². The number of hydrogen-bond donors (Lipinski definition) is 6. The Balaban J connectivity index is 1.41. The molecule has 6 N–H and O–H groups in total. The second-order valence-corrected chi connectivity index (χ2v) is 10.9. The van der Waals surface area contributed by atoms with E-state index in [4.69, 9.17) is 4.98 Å². The average Bonchev–Trinajstić information content (AvgIpc) is 3.42. The van der Waals surface area contributed by atoms with Crippen molar-refractivity contribution >= 4 is 29.1 Å². The zero-order valence-electron chi connectivity index (χ0n) is 19.5. The predicted molar refractivity (Wildman–Crippen MR) is 129 cm³/mol. The first-order valence-electron chi connectivity index (χ1n) is 11.8. The minimum Gasteiger partial charge on any atom is -0.396 e. The molecule has 0 spiro atoms. The Morgan fingerprint density at radius 2 is 2.06 bits per heavy atom. The Morgan fingerprint density at radius 1 is 1.26 bits per heavy atom. The van der Waals surface area contributed by atoms with Crippen LogP contribution in [-0.4, -0.2) is 61.9 Å². The predicted octanol–water partition coefficient (Wildman–Crippen LogP) is 2.37. The van der Waals surface area contributed by atoms with Crippen LogP contribution < -0.4 is 21.3 Å². The van der Waals surface area contributed by atoms with Crippen molar-refractivity contribution in [2.75, 3.05) is 28.1 Å². The molecule has 0 amide bonds. The van der Waals surface area contributed by atoms with Crippen LogP contribution >= 0.6 is 11.8 Å². The van der Waals surface area contributed by atoms with Gasteiger partial charge in [-0.3, -0.25) is 10.4 Å². The van der Waals surface area contributed by atoms with Gasteiger partial charge in [-0.25, -0.2) is 18.7 Å². The molecule has 2 fully saturated rings. The molecule has 5 rings (SSSR count).